The number of unbranched alkanes of at least 4 members (excludes halogenated alkanes) is 1. The highest BCUT2D eigenvalue weighted by Gasteiger charge is 2.40. The standard InChI is InChI=1S/C23H28N4OS/c1-4-5-12-26-22(21(25-23(26)29)20-10-6-7-11-24-20)19-14-16(2)27(17(19)3)15-18-9-8-13-28-18/h6-11,13-14,21-22H,4-5,12,15H2,1-3H3,(H,25,29)/t21-,22+/m0/s1. The molecule has 0 spiro atoms. The number of furan rings is 1. The van der Waals surface area contributed by atoms with Crippen molar-refractivity contribution in [3.8, 4) is 0 Å². The molecule has 4 heterocycles. The number of aromatic nitrogens is 2. The second-order valence-corrected chi connectivity index (χ2v) is 8.05. The third-order valence-electron chi connectivity index (χ3n) is 5.78. The van der Waals surface area contributed by atoms with Gasteiger partial charge in [0.2, 0.25) is 0 Å². The van der Waals surface area contributed by atoms with Gasteiger partial charge in [0, 0.05) is 24.1 Å². The van der Waals surface area contributed by atoms with E-state index in [0.29, 0.717) is 0 Å². The van der Waals surface area contributed by atoms with Crippen molar-refractivity contribution in [2.45, 2.75) is 52.2 Å². The van der Waals surface area contributed by atoms with Crippen LogP contribution in [0.4, 0.5) is 0 Å². The van der Waals surface area contributed by atoms with Crippen LogP contribution in [0, 0.1) is 13.8 Å². The molecule has 1 aliphatic heterocycles. The van der Waals surface area contributed by atoms with Crippen molar-refractivity contribution in [1.29, 1.82) is 0 Å². The quantitative estimate of drug-likeness (QED) is 0.563. The summed E-state index contributed by atoms with van der Waals surface area (Å²) in [6.45, 7) is 8.25. The Morgan fingerprint density at radius 1 is 1.21 bits per heavy atom. The van der Waals surface area contributed by atoms with Crippen LogP contribution in [0.15, 0.2) is 53.3 Å². The highest BCUT2D eigenvalue weighted by atomic mass is 32.1. The van der Waals surface area contributed by atoms with Crippen LogP contribution in [0.2, 0.25) is 0 Å². The van der Waals surface area contributed by atoms with Gasteiger partial charge in [0.25, 0.3) is 0 Å². The Balaban J connectivity index is 1.74. The zero-order chi connectivity index (χ0) is 20.4. The van der Waals surface area contributed by atoms with Crippen molar-refractivity contribution in [1.82, 2.24) is 19.8 Å². The molecule has 0 bridgehead atoms. The summed E-state index contributed by atoms with van der Waals surface area (Å²) in [7, 11) is 0. The molecule has 1 fully saturated rings. The van der Waals surface area contributed by atoms with Crippen LogP contribution in [-0.4, -0.2) is 26.1 Å². The second kappa shape index (κ2) is 8.41. The van der Waals surface area contributed by atoms with Crippen LogP contribution in [0.1, 0.15) is 60.3 Å². The predicted octanol–water partition coefficient (Wildman–Crippen LogP) is 4.91. The first-order chi connectivity index (χ1) is 14.1. The van der Waals surface area contributed by atoms with E-state index in [1.165, 1.54) is 17.0 Å². The molecule has 3 aromatic rings. The zero-order valence-electron chi connectivity index (χ0n) is 17.3. The fourth-order valence-corrected chi connectivity index (χ4v) is 4.57. The van der Waals surface area contributed by atoms with Gasteiger partial charge >= 0.3 is 0 Å². The number of rotatable bonds is 7. The van der Waals surface area contributed by atoms with Gasteiger partial charge in [-0.1, -0.05) is 19.4 Å². The summed E-state index contributed by atoms with van der Waals surface area (Å²) in [5.41, 5.74) is 4.79. The smallest absolute Gasteiger partial charge is 0.170 e. The van der Waals surface area contributed by atoms with E-state index < -0.39 is 0 Å². The van der Waals surface area contributed by atoms with Crippen molar-refractivity contribution in [3.63, 3.8) is 0 Å². The van der Waals surface area contributed by atoms with Crippen LogP contribution in [0.3, 0.4) is 0 Å². The van der Waals surface area contributed by atoms with Gasteiger partial charge < -0.3 is 19.2 Å². The van der Waals surface area contributed by atoms with Gasteiger partial charge in [-0.3, -0.25) is 4.98 Å². The van der Waals surface area contributed by atoms with E-state index in [0.717, 1.165) is 42.5 Å². The summed E-state index contributed by atoms with van der Waals surface area (Å²) in [6, 6.07) is 12.5. The van der Waals surface area contributed by atoms with Crippen LogP contribution in [0.25, 0.3) is 0 Å². The Labute approximate surface area is 177 Å². The Morgan fingerprint density at radius 2 is 2.07 bits per heavy atom. The summed E-state index contributed by atoms with van der Waals surface area (Å²) in [5.74, 6) is 0.961. The van der Waals surface area contributed by atoms with Crippen molar-refractivity contribution < 1.29 is 4.42 Å². The molecular formula is C23H28N4OS. The van der Waals surface area contributed by atoms with E-state index in [-0.39, 0.29) is 12.1 Å². The maximum Gasteiger partial charge on any atom is 0.170 e. The van der Waals surface area contributed by atoms with Gasteiger partial charge in [0.1, 0.15) is 5.76 Å². The average molecular weight is 409 g/mol. The summed E-state index contributed by atoms with van der Waals surface area (Å²) in [6.07, 6.45) is 5.83. The minimum atomic E-state index is 0.0399. The monoisotopic (exact) mass is 408 g/mol. The number of hydrogen-bond acceptors (Lipinski definition) is 3. The lowest BCUT2D eigenvalue weighted by Gasteiger charge is -2.28. The lowest BCUT2D eigenvalue weighted by Crippen LogP contribution is -2.30. The number of aryl methyl sites for hydroxylation is 1. The van der Waals surface area contributed by atoms with Crippen molar-refractivity contribution >= 4 is 17.3 Å². The van der Waals surface area contributed by atoms with Gasteiger partial charge in [-0.05, 0) is 68.4 Å². The van der Waals surface area contributed by atoms with Crippen LogP contribution < -0.4 is 5.32 Å². The van der Waals surface area contributed by atoms with Crippen LogP contribution in [0.5, 0.6) is 0 Å². The van der Waals surface area contributed by atoms with E-state index >= 15 is 0 Å². The SMILES string of the molecule is CCCCN1C(=S)N[C@@H](c2ccccn2)[C@H]1c1cc(C)n(Cc2ccco2)c1C. The number of pyridine rings is 1. The highest BCUT2D eigenvalue weighted by Crippen LogP contribution is 2.41. The Hall–Kier alpha value is -2.60. The van der Waals surface area contributed by atoms with E-state index in [2.05, 4.69) is 52.7 Å². The third kappa shape index (κ3) is 3.81. The summed E-state index contributed by atoms with van der Waals surface area (Å²) in [5, 5.41) is 4.36. The van der Waals surface area contributed by atoms with E-state index in [1.807, 2.05) is 30.5 Å². The Morgan fingerprint density at radius 3 is 2.76 bits per heavy atom. The molecule has 6 heteroatoms. The van der Waals surface area contributed by atoms with Crippen molar-refractivity contribution in [3.05, 3.63) is 77.3 Å². The van der Waals surface area contributed by atoms with Crippen LogP contribution >= 0.6 is 12.2 Å². The average Bonchev–Trinajstić information content (AvgIpc) is 3.42. The fraction of sp³-hybridized carbons (Fsp3) is 0.391. The first kappa shape index (κ1) is 19.7. The Bertz CT molecular complexity index is 964. The van der Waals surface area contributed by atoms with E-state index in [9.17, 15) is 0 Å². The molecular weight excluding hydrogens is 380 g/mol. The molecule has 152 valence electrons. The molecule has 0 aliphatic carbocycles. The number of thiocarbonyl (C=S) groups is 1. The molecule has 4 rings (SSSR count). The highest BCUT2D eigenvalue weighted by molar-refractivity contribution is 7.80. The molecule has 1 N–H and O–H groups in total. The largest absolute Gasteiger partial charge is 0.467 e. The summed E-state index contributed by atoms with van der Waals surface area (Å²) >= 11 is 5.75. The molecule has 0 radical (unpaired) electrons. The van der Waals surface area contributed by atoms with Gasteiger partial charge in [0.15, 0.2) is 5.11 Å². The number of nitrogens with zero attached hydrogens (tertiary/aromatic N) is 3. The van der Waals surface area contributed by atoms with Crippen molar-refractivity contribution in [2.75, 3.05) is 6.54 Å². The molecule has 2 atom stereocenters. The molecule has 1 saturated heterocycles. The molecule has 0 aromatic carbocycles. The predicted molar refractivity (Wildman–Crippen MR) is 119 cm³/mol. The minimum Gasteiger partial charge on any atom is -0.467 e. The third-order valence-corrected chi connectivity index (χ3v) is 6.13. The van der Waals surface area contributed by atoms with E-state index in [1.54, 1.807) is 6.26 Å². The van der Waals surface area contributed by atoms with Gasteiger partial charge in [0.05, 0.1) is 30.6 Å². The molecule has 0 saturated carbocycles. The fourth-order valence-electron chi connectivity index (χ4n) is 4.24. The first-order valence-electron chi connectivity index (χ1n) is 10.3. The summed E-state index contributed by atoms with van der Waals surface area (Å²) < 4.78 is 7.91. The molecule has 3 aromatic heterocycles. The Kier molecular flexibility index (Phi) is 5.72. The zero-order valence-corrected chi connectivity index (χ0v) is 18.1. The molecule has 1 aliphatic rings. The lowest BCUT2D eigenvalue weighted by molar-refractivity contribution is 0.311. The van der Waals surface area contributed by atoms with Gasteiger partial charge in [-0.15, -0.1) is 0 Å². The minimum absolute atomic E-state index is 0.0399. The number of hydrogen-bond donors (Lipinski definition) is 1. The number of nitrogens with one attached hydrogen (secondary N) is 1. The molecule has 0 amide bonds. The molecule has 5 nitrogen and oxygen atoms in total. The maximum absolute atomic E-state index is 5.75. The lowest BCUT2D eigenvalue weighted by atomic mass is 9.96. The van der Waals surface area contributed by atoms with Gasteiger partial charge in [-0.25, -0.2) is 0 Å². The van der Waals surface area contributed by atoms with E-state index in [4.69, 9.17) is 16.6 Å². The van der Waals surface area contributed by atoms with Crippen molar-refractivity contribution in [2.24, 2.45) is 0 Å². The molecule has 29 heavy (non-hydrogen) atoms. The second-order valence-electron chi connectivity index (χ2n) is 7.67. The molecule has 0 unspecified atom stereocenters. The summed E-state index contributed by atoms with van der Waals surface area (Å²) in [4.78, 5) is 6.98. The topological polar surface area (TPSA) is 46.2 Å². The van der Waals surface area contributed by atoms with Gasteiger partial charge in [-0.2, -0.15) is 0 Å². The first-order valence-corrected chi connectivity index (χ1v) is 10.7. The normalized spacial score (nSPS) is 19.0. The maximum atomic E-state index is 5.75. The van der Waals surface area contributed by atoms with Crippen LogP contribution in [-0.2, 0) is 6.54 Å².